The molecule has 1 aromatic carbocycles. The molecule has 0 N–H and O–H groups in total. The Morgan fingerprint density at radius 3 is 2.51 bits per heavy atom. The van der Waals surface area contributed by atoms with Gasteiger partial charge in [-0.25, -0.2) is 4.98 Å². The highest BCUT2D eigenvalue weighted by Crippen LogP contribution is 2.34. The van der Waals surface area contributed by atoms with Crippen molar-refractivity contribution in [2.45, 2.75) is 25.7 Å². The van der Waals surface area contributed by atoms with Gasteiger partial charge in [0.15, 0.2) is 5.65 Å². The van der Waals surface area contributed by atoms with Crippen LogP contribution in [-0.4, -0.2) is 51.3 Å². The van der Waals surface area contributed by atoms with E-state index in [0.29, 0.717) is 42.8 Å². The van der Waals surface area contributed by atoms with Gasteiger partial charge in [-0.15, -0.1) is 11.3 Å². The van der Waals surface area contributed by atoms with Crippen molar-refractivity contribution in [1.82, 2.24) is 14.3 Å². The number of carbonyl (C=O) groups is 1. The maximum absolute atomic E-state index is 13.5. The van der Waals surface area contributed by atoms with E-state index >= 15 is 0 Å². The van der Waals surface area contributed by atoms with Crippen LogP contribution in [0.1, 0.15) is 33.6 Å². The fraction of sp³-hybridized carbons (Fsp3) is 0.320. The number of amides is 1. The van der Waals surface area contributed by atoms with Crippen LogP contribution < -0.4 is 10.5 Å². The summed E-state index contributed by atoms with van der Waals surface area (Å²) in [5.74, 6) is -0.140. The highest BCUT2D eigenvalue weighted by Gasteiger charge is 2.26. The maximum atomic E-state index is 13.5. The van der Waals surface area contributed by atoms with E-state index in [9.17, 15) is 19.7 Å². The Morgan fingerprint density at radius 1 is 1.03 bits per heavy atom. The first-order valence-electron chi connectivity index (χ1n) is 11.8. The number of hydrogen-bond acceptors (Lipinski definition) is 7. The molecule has 9 nitrogen and oxygen atoms in total. The van der Waals surface area contributed by atoms with Gasteiger partial charge >= 0.3 is 0 Å². The number of thiophene rings is 1. The molecule has 1 fully saturated rings. The van der Waals surface area contributed by atoms with E-state index in [1.807, 2.05) is 0 Å². The van der Waals surface area contributed by atoms with Gasteiger partial charge in [-0.3, -0.25) is 24.1 Å². The first kappa shape index (κ1) is 21.7. The predicted octanol–water partition coefficient (Wildman–Crippen LogP) is 3.66. The zero-order valence-electron chi connectivity index (χ0n) is 19.0. The molecule has 0 atom stereocenters. The van der Waals surface area contributed by atoms with E-state index < -0.39 is 4.92 Å². The highest BCUT2D eigenvalue weighted by molar-refractivity contribution is 7.18. The molecule has 1 amide bonds. The lowest BCUT2D eigenvalue weighted by Gasteiger charge is -2.36. The van der Waals surface area contributed by atoms with Crippen LogP contribution in [0.3, 0.4) is 0 Å². The highest BCUT2D eigenvalue weighted by atomic mass is 32.1. The van der Waals surface area contributed by atoms with E-state index in [-0.39, 0.29) is 17.2 Å². The first-order valence-corrected chi connectivity index (χ1v) is 12.6. The van der Waals surface area contributed by atoms with Gasteiger partial charge in [0.25, 0.3) is 17.2 Å². The molecule has 4 heterocycles. The zero-order chi connectivity index (χ0) is 24.1. The lowest BCUT2D eigenvalue weighted by atomic mass is 9.97. The largest absolute Gasteiger partial charge is 0.368 e. The quantitative estimate of drug-likeness (QED) is 0.322. The molecule has 0 radical (unpaired) electrons. The van der Waals surface area contributed by atoms with Crippen molar-refractivity contribution in [3.05, 3.63) is 79.1 Å². The summed E-state index contributed by atoms with van der Waals surface area (Å²) < 4.78 is 1.52. The van der Waals surface area contributed by atoms with E-state index in [2.05, 4.69) is 4.90 Å². The van der Waals surface area contributed by atoms with Crippen LogP contribution in [0.5, 0.6) is 0 Å². The molecular weight excluding hydrogens is 466 g/mol. The molecule has 2 aliphatic rings. The summed E-state index contributed by atoms with van der Waals surface area (Å²) in [7, 11) is 0. The van der Waals surface area contributed by atoms with Crippen molar-refractivity contribution in [2.75, 3.05) is 31.1 Å². The second-order valence-corrected chi connectivity index (χ2v) is 10.1. The number of nitro groups is 1. The molecular formula is C25H23N5O4S. The van der Waals surface area contributed by atoms with Gasteiger partial charge < -0.3 is 9.80 Å². The Kier molecular flexibility index (Phi) is 5.25. The van der Waals surface area contributed by atoms with Gasteiger partial charge in [0, 0.05) is 55.1 Å². The third kappa shape index (κ3) is 3.65. The average Bonchev–Trinajstić information content (AvgIpc) is 3.27. The van der Waals surface area contributed by atoms with E-state index in [0.717, 1.165) is 41.8 Å². The molecule has 1 aliphatic heterocycles. The molecule has 1 saturated heterocycles. The van der Waals surface area contributed by atoms with Crippen molar-refractivity contribution in [3.63, 3.8) is 0 Å². The van der Waals surface area contributed by atoms with Gasteiger partial charge in [-0.2, -0.15) is 0 Å². The molecule has 6 rings (SSSR count). The van der Waals surface area contributed by atoms with Crippen molar-refractivity contribution in [1.29, 1.82) is 0 Å². The minimum atomic E-state index is -0.414. The lowest BCUT2D eigenvalue weighted by Crippen LogP contribution is -2.49. The zero-order valence-corrected chi connectivity index (χ0v) is 19.8. The predicted molar refractivity (Wildman–Crippen MR) is 135 cm³/mol. The van der Waals surface area contributed by atoms with Gasteiger partial charge in [0.2, 0.25) is 0 Å². The van der Waals surface area contributed by atoms with Gasteiger partial charge in [0.1, 0.15) is 4.83 Å². The van der Waals surface area contributed by atoms with Crippen LogP contribution in [0.4, 0.5) is 11.4 Å². The molecule has 0 saturated carbocycles. The topological polar surface area (TPSA) is 101 Å². The number of aryl methyl sites for hydroxylation is 2. The number of pyridine rings is 1. The Morgan fingerprint density at radius 2 is 1.77 bits per heavy atom. The van der Waals surface area contributed by atoms with Crippen molar-refractivity contribution < 1.29 is 9.72 Å². The summed E-state index contributed by atoms with van der Waals surface area (Å²) in [6.45, 7) is 2.25. The van der Waals surface area contributed by atoms with E-state index in [1.54, 1.807) is 46.7 Å². The Labute approximate surface area is 204 Å². The molecule has 178 valence electrons. The van der Waals surface area contributed by atoms with Crippen LogP contribution in [0.25, 0.3) is 15.9 Å². The Balaban J connectivity index is 1.28. The molecule has 35 heavy (non-hydrogen) atoms. The molecule has 10 heteroatoms. The monoisotopic (exact) mass is 489 g/mol. The Bertz CT molecular complexity index is 1530. The number of nitro benzene ring substituents is 1. The van der Waals surface area contributed by atoms with Crippen molar-refractivity contribution in [3.8, 4) is 0 Å². The van der Waals surface area contributed by atoms with Crippen LogP contribution in [-0.2, 0) is 12.8 Å². The number of carbonyl (C=O) groups excluding carboxylic acids is 1. The average molecular weight is 490 g/mol. The summed E-state index contributed by atoms with van der Waals surface area (Å²) >= 11 is 1.59. The maximum Gasteiger partial charge on any atom is 0.269 e. The molecule has 3 aromatic heterocycles. The fourth-order valence-corrected chi connectivity index (χ4v) is 6.39. The molecule has 0 spiro atoms. The van der Waals surface area contributed by atoms with Crippen molar-refractivity contribution in [2.24, 2.45) is 0 Å². The van der Waals surface area contributed by atoms with Crippen LogP contribution in [0.2, 0.25) is 0 Å². The van der Waals surface area contributed by atoms with E-state index in [4.69, 9.17) is 4.98 Å². The Hall–Kier alpha value is -3.79. The number of anilines is 1. The third-order valence-corrected chi connectivity index (χ3v) is 8.17. The molecule has 0 bridgehead atoms. The summed E-state index contributed by atoms with van der Waals surface area (Å²) in [5.41, 5.74) is 2.84. The fourth-order valence-electron chi connectivity index (χ4n) is 5.14. The van der Waals surface area contributed by atoms with Gasteiger partial charge in [-0.05, 0) is 55.5 Å². The normalized spacial score (nSPS) is 16.0. The van der Waals surface area contributed by atoms with Gasteiger partial charge in [-0.1, -0.05) is 0 Å². The van der Waals surface area contributed by atoms with E-state index in [1.165, 1.54) is 21.4 Å². The molecule has 0 unspecified atom stereocenters. The smallest absolute Gasteiger partial charge is 0.269 e. The summed E-state index contributed by atoms with van der Waals surface area (Å²) in [5, 5.41) is 11.6. The molecule has 1 aliphatic carbocycles. The molecule has 4 aromatic rings. The summed E-state index contributed by atoms with van der Waals surface area (Å²) in [4.78, 5) is 48.1. The number of nitrogens with zero attached hydrogens (tertiary/aromatic N) is 5. The third-order valence-electron chi connectivity index (χ3n) is 6.98. The minimum Gasteiger partial charge on any atom is -0.368 e. The van der Waals surface area contributed by atoms with Crippen LogP contribution in [0.15, 0.2) is 47.4 Å². The standard InChI is InChI=1S/C25H23N5O4S/c31-24(28-14-12-27(13-15-28)16-7-9-17(10-8-16)30(33)34)19-5-3-11-29-22(19)26-23-21(25(29)32)18-4-1-2-6-20(18)35-23/h3,5,7-11H,1-2,4,6,12-15H2. The SMILES string of the molecule is O=C(c1cccn2c(=O)c3c4c(sc3nc12)CCCC4)N1CCN(c2ccc([N+](=O)[O-])cc2)CC1. The number of rotatable bonds is 3. The lowest BCUT2D eigenvalue weighted by molar-refractivity contribution is -0.384. The summed E-state index contributed by atoms with van der Waals surface area (Å²) in [6, 6.07) is 9.95. The summed E-state index contributed by atoms with van der Waals surface area (Å²) in [6.07, 6.45) is 5.82. The van der Waals surface area contributed by atoms with Crippen LogP contribution >= 0.6 is 11.3 Å². The number of non-ortho nitro benzene ring substituents is 1. The number of aromatic nitrogens is 2. The number of piperazine rings is 1. The van der Waals surface area contributed by atoms with Crippen LogP contribution in [0, 0.1) is 10.1 Å². The second-order valence-electron chi connectivity index (χ2n) is 8.98. The first-order chi connectivity index (χ1) is 17.0. The second kappa shape index (κ2) is 8.46. The number of hydrogen-bond donors (Lipinski definition) is 0. The number of benzene rings is 1. The van der Waals surface area contributed by atoms with Gasteiger partial charge in [0.05, 0.1) is 15.9 Å². The van der Waals surface area contributed by atoms with Crippen molar-refractivity contribution >= 4 is 44.5 Å². The number of fused-ring (bicyclic) bond motifs is 4. The minimum absolute atomic E-state index is 0.0574.